The van der Waals surface area contributed by atoms with Gasteiger partial charge in [0.2, 0.25) is 53.3 Å². The fraction of sp³-hybridized carbons (Fsp3) is 0.766. The van der Waals surface area contributed by atoms with Crippen molar-refractivity contribution in [3.05, 3.63) is 0 Å². The number of hydrogen-bond acceptors (Lipinski definition) is 16. The highest BCUT2D eigenvalue weighted by atomic mass is 16.4. The number of hydrogen-bond donors (Lipinski definition) is 16. The number of rotatable bonds is 27. The third kappa shape index (κ3) is 24.3. The maximum absolute atomic E-state index is 13.8. The first-order valence-electron chi connectivity index (χ1n) is 25.4. The Morgan fingerprint density at radius 1 is 0.608 bits per heavy atom. The molecule has 17 N–H and O–H groups in total. The van der Waals surface area contributed by atoms with Crippen LogP contribution in [0.5, 0.6) is 0 Å². The summed E-state index contributed by atoms with van der Waals surface area (Å²) in [5.41, 5.74) is 5.09. The Balaban J connectivity index is 3.29. The van der Waals surface area contributed by atoms with Gasteiger partial charge in [0, 0.05) is 13.0 Å². The highest BCUT2D eigenvalue weighted by Crippen LogP contribution is 2.14. The maximum atomic E-state index is 13.8. The van der Waals surface area contributed by atoms with Gasteiger partial charge in [0.1, 0.15) is 48.5 Å². The number of carbonyl (C=O) groups excluding carboxylic acids is 10. The van der Waals surface area contributed by atoms with Crippen molar-refractivity contribution in [1.82, 2.24) is 47.9 Å². The van der Waals surface area contributed by atoms with Gasteiger partial charge in [-0.05, 0) is 26.2 Å². The Kier molecular flexibility index (Phi) is 31.4. The number of aliphatic hydroxyl groups excluding tert-OH is 5. The quantitative estimate of drug-likeness (QED) is 0.0273. The lowest BCUT2D eigenvalue weighted by atomic mass is 9.99. The average Bonchev–Trinajstić information content (AvgIpc) is 3.34. The van der Waals surface area contributed by atoms with Crippen molar-refractivity contribution in [2.75, 3.05) is 19.7 Å². The number of primary amides is 1. The first-order chi connectivity index (χ1) is 34.9. The third-order valence-electron chi connectivity index (χ3n) is 12.1. The van der Waals surface area contributed by atoms with Gasteiger partial charge in [-0.1, -0.05) is 111 Å². The molecule has 0 bridgehead atoms. The lowest BCUT2D eigenvalue weighted by Crippen LogP contribution is -2.66. The van der Waals surface area contributed by atoms with E-state index < -0.39 is 157 Å². The molecule has 27 nitrogen and oxygen atoms in total. The molecule has 1 aliphatic heterocycles. The number of carboxylic acid groups (broad SMARTS) is 1. The van der Waals surface area contributed by atoms with E-state index in [2.05, 4.69) is 28.2 Å². The molecular weight excluding hydrogens is 977 g/mol. The van der Waals surface area contributed by atoms with Crippen LogP contribution in [0.2, 0.25) is 0 Å². The molecule has 1 rings (SSSR count). The lowest BCUT2D eigenvalue weighted by molar-refractivity contribution is -0.148. The predicted molar refractivity (Wildman–Crippen MR) is 263 cm³/mol. The van der Waals surface area contributed by atoms with E-state index in [9.17, 15) is 83.4 Å². The molecule has 1 fully saturated rings. The van der Waals surface area contributed by atoms with Gasteiger partial charge in [-0.3, -0.25) is 47.9 Å². The van der Waals surface area contributed by atoms with Crippen LogP contribution in [0.3, 0.4) is 0 Å². The van der Waals surface area contributed by atoms with Gasteiger partial charge in [-0.15, -0.1) is 0 Å². The predicted octanol–water partition coefficient (Wildman–Crippen LogP) is -4.41. The summed E-state index contributed by atoms with van der Waals surface area (Å²) in [5.74, 6) is -15.9. The number of aliphatic carboxylic acids is 1. The standard InChI is InChI=1S/C47H82N10O17/c1-6-7-8-9-10-11-12-13-14-15-16-17-18-19-20-21-31(61)51-26(4)39(65)49-22-28-40(66)53-29(24-58)41(67)54-32(25(2)3)44(70)56-34(36(62)37(63)38(48)64)45(71)55-33(27(5)59)43(69)50-23-30(60)42(68)57-35(47(73)74)46(72)52-28/h25-30,32-37,58-60,62-63H,6-24H2,1-5H3,(H2,48,64)(H,49,65)(H,50,69)(H,51,61)(H,52,72)(H,53,66)(H,54,67)(H,55,71)(H,56,70)(H,57,68)(H,73,74). The first kappa shape index (κ1) is 66.0. The van der Waals surface area contributed by atoms with Crippen molar-refractivity contribution in [2.24, 2.45) is 11.7 Å². The molecule has 0 aromatic heterocycles. The number of carboxylic acids is 1. The molecule has 0 radical (unpaired) electrons. The minimum atomic E-state index is -2.58. The van der Waals surface area contributed by atoms with Crippen LogP contribution in [0.25, 0.3) is 0 Å². The third-order valence-corrected chi connectivity index (χ3v) is 12.1. The summed E-state index contributed by atoms with van der Waals surface area (Å²) in [7, 11) is 0. The maximum Gasteiger partial charge on any atom is 0.336 e. The van der Waals surface area contributed by atoms with E-state index in [4.69, 9.17) is 5.73 Å². The number of unbranched alkanes of at least 4 members (excludes halogenated alkanes) is 14. The normalized spacial score (nSPS) is 23.6. The Bertz CT molecular complexity index is 1870. The monoisotopic (exact) mass is 1060 g/mol. The smallest absolute Gasteiger partial charge is 0.336 e. The van der Waals surface area contributed by atoms with Crippen LogP contribution in [0.15, 0.2) is 0 Å². The molecule has 0 aromatic carbocycles. The van der Waals surface area contributed by atoms with Crippen molar-refractivity contribution < 1.29 is 83.4 Å². The van der Waals surface area contributed by atoms with E-state index in [1.54, 1.807) is 5.32 Å². The van der Waals surface area contributed by atoms with Gasteiger partial charge in [0.15, 0.2) is 6.10 Å². The Morgan fingerprint density at radius 3 is 1.57 bits per heavy atom. The van der Waals surface area contributed by atoms with Gasteiger partial charge in [-0.2, -0.15) is 0 Å². The number of aliphatic hydroxyl groups is 5. The van der Waals surface area contributed by atoms with E-state index in [-0.39, 0.29) is 6.42 Å². The molecule has 0 aliphatic carbocycles. The minimum absolute atomic E-state index is 0.114. The van der Waals surface area contributed by atoms with Gasteiger partial charge in [0.25, 0.3) is 11.8 Å². The zero-order valence-electron chi connectivity index (χ0n) is 43.1. The fourth-order valence-corrected chi connectivity index (χ4v) is 7.54. The van der Waals surface area contributed by atoms with Crippen LogP contribution in [0, 0.1) is 5.92 Å². The van der Waals surface area contributed by atoms with Gasteiger partial charge < -0.3 is 84.2 Å². The number of nitrogens with two attached hydrogens (primary N) is 1. The molecule has 10 amide bonds. The number of β-amino-alcohol motifs (C(OH)–C–C–N with tert-alkyl or cyclic N) is 1. The van der Waals surface area contributed by atoms with Crippen LogP contribution in [0.4, 0.5) is 0 Å². The topological polar surface area (TPSA) is 443 Å². The first-order valence-corrected chi connectivity index (χ1v) is 25.4. The Labute approximate surface area is 430 Å². The molecule has 1 saturated heterocycles. The van der Waals surface area contributed by atoms with Crippen LogP contribution in [-0.4, -0.2) is 182 Å². The zero-order chi connectivity index (χ0) is 56.1. The van der Waals surface area contributed by atoms with Crippen molar-refractivity contribution in [1.29, 1.82) is 0 Å². The van der Waals surface area contributed by atoms with Gasteiger partial charge in [0.05, 0.1) is 19.3 Å². The molecular formula is C47H82N10O17. The fourth-order valence-electron chi connectivity index (χ4n) is 7.54. The summed E-state index contributed by atoms with van der Waals surface area (Å²) in [6.45, 7) is 4.14. The molecule has 0 saturated carbocycles. The summed E-state index contributed by atoms with van der Waals surface area (Å²) >= 11 is 0. The van der Waals surface area contributed by atoms with Crippen LogP contribution in [0.1, 0.15) is 137 Å². The van der Waals surface area contributed by atoms with E-state index in [1.165, 1.54) is 78.6 Å². The molecule has 422 valence electrons. The SMILES string of the molecule is CCCCCCCCCCCCCCCCCC(=O)NC(C)C(=O)NCC1NC(=O)C(C(=O)O)NC(=O)C(O)CNC(=O)C(C(C)O)NC(=O)C(C(O)C(O)C(N)=O)NC(=O)C(C(C)C)NC(=O)C(CO)NC1=O. The van der Waals surface area contributed by atoms with Crippen LogP contribution < -0.4 is 53.6 Å². The highest BCUT2D eigenvalue weighted by molar-refractivity contribution is 6.06. The van der Waals surface area contributed by atoms with Gasteiger partial charge >= 0.3 is 5.97 Å². The number of carbonyl (C=O) groups is 11. The summed E-state index contributed by atoms with van der Waals surface area (Å²) in [6, 6.07) is -13.9. The molecule has 1 heterocycles. The Hall–Kier alpha value is -6.03. The summed E-state index contributed by atoms with van der Waals surface area (Å²) < 4.78 is 0. The van der Waals surface area contributed by atoms with E-state index in [0.717, 1.165) is 39.0 Å². The van der Waals surface area contributed by atoms with E-state index >= 15 is 0 Å². The van der Waals surface area contributed by atoms with Crippen LogP contribution in [-0.2, 0) is 52.7 Å². The van der Waals surface area contributed by atoms with Crippen molar-refractivity contribution >= 4 is 65.0 Å². The molecule has 27 heteroatoms. The molecule has 0 aromatic rings. The summed E-state index contributed by atoms with van der Waals surface area (Å²) in [6.07, 6.45) is 7.91. The second-order valence-electron chi connectivity index (χ2n) is 18.9. The van der Waals surface area contributed by atoms with E-state index in [0.29, 0.717) is 6.42 Å². The molecule has 1 aliphatic rings. The average molecular weight is 1060 g/mol. The van der Waals surface area contributed by atoms with Crippen molar-refractivity contribution in [3.63, 3.8) is 0 Å². The van der Waals surface area contributed by atoms with E-state index in [1.807, 2.05) is 21.3 Å². The molecule has 74 heavy (non-hydrogen) atoms. The summed E-state index contributed by atoms with van der Waals surface area (Å²) in [4.78, 5) is 144. The van der Waals surface area contributed by atoms with Gasteiger partial charge in [-0.25, -0.2) is 4.79 Å². The number of nitrogens with one attached hydrogen (secondary N) is 9. The highest BCUT2D eigenvalue weighted by Gasteiger charge is 2.41. The van der Waals surface area contributed by atoms with Crippen molar-refractivity contribution in [3.8, 4) is 0 Å². The molecule has 0 spiro atoms. The minimum Gasteiger partial charge on any atom is -0.479 e. The Morgan fingerprint density at radius 2 is 1.08 bits per heavy atom. The molecule has 11 unspecified atom stereocenters. The largest absolute Gasteiger partial charge is 0.479 e. The lowest BCUT2D eigenvalue weighted by Gasteiger charge is -2.31. The van der Waals surface area contributed by atoms with Crippen LogP contribution >= 0.6 is 0 Å². The molecule has 11 atom stereocenters. The summed E-state index contributed by atoms with van der Waals surface area (Å²) in [5, 5.41) is 81.0. The second kappa shape index (κ2) is 35.2. The second-order valence-corrected chi connectivity index (χ2v) is 18.9. The number of amides is 10. The van der Waals surface area contributed by atoms with Crippen molar-refractivity contribution in [2.45, 2.75) is 204 Å². The zero-order valence-corrected chi connectivity index (χ0v) is 43.1.